The number of carbonyl (C=O) groups excluding carboxylic acids is 1. The Labute approximate surface area is 181 Å². The second-order valence-electron chi connectivity index (χ2n) is 7.08. The molecular formula is C21H17F3N4O3S. The SMILES string of the molecule is C=CS(=O)(=O)Nc1cccc(-n2cc(-c3ccc4c(c3)CCNC4=O)c(C(F)(F)F)n2)c1. The Morgan fingerprint density at radius 1 is 1.16 bits per heavy atom. The Kier molecular flexibility index (Phi) is 5.29. The van der Waals surface area contributed by atoms with Gasteiger partial charge in [-0.1, -0.05) is 24.8 Å². The molecule has 1 aliphatic heterocycles. The minimum atomic E-state index is -4.73. The molecule has 4 rings (SSSR count). The molecule has 2 heterocycles. The standard InChI is InChI=1S/C21H17F3N4O3S/c1-2-32(30,31)27-15-4-3-5-16(11-15)28-12-18(19(26-28)21(22,23)24)13-6-7-17-14(10-13)8-9-25-20(17)29/h2-7,10-12,27H,1,8-9H2,(H,25,29). The van der Waals surface area contributed by atoms with Gasteiger partial charge in [0.15, 0.2) is 5.69 Å². The zero-order valence-corrected chi connectivity index (χ0v) is 17.3. The molecule has 0 bridgehead atoms. The van der Waals surface area contributed by atoms with Crippen molar-refractivity contribution in [1.29, 1.82) is 0 Å². The molecule has 1 aromatic heterocycles. The van der Waals surface area contributed by atoms with Crippen molar-refractivity contribution in [2.45, 2.75) is 12.6 Å². The van der Waals surface area contributed by atoms with Crippen molar-refractivity contribution in [3.05, 3.63) is 77.5 Å². The summed E-state index contributed by atoms with van der Waals surface area (Å²) in [5.74, 6) is -0.261. The number of nitrogens with zero attached hydrogens (tertiary/aromatic N) is 2. The molecule has 0 radical (unpaired) electrons. The second kappa shape index (κ2) is 7.83. The third-order valence-corrected chi connectivity index (χ3v) is 5.87. The highest BCUT2D eigenvalue weighted by molar-refractivity contribution is 7.95. The number of carbonyl (C=O) groups is 1. The molecule has 0 unspecified atom stereocenters. The number of nitrogens with one attached hydrogen (secondary N) is 2. The molecule has 2 N–H and O–H groups in total. The third kappa shape index (κ3) is 4.24. The summed E-state index contributed by atoms with van der Waals surface area (Å²) in [6.07, 6.45) is -2.99. The maximum atomic E-state index is 13.8. The Balaban J connectivity index is 1.79. The van der Waals surface area contributed by atoms with Crippen LogP contribution >= 0.6 is 0 Å². The fraction of sp³-hybridized carbons (Fsp3) is 0.143. The summed E-state index contributed by atoms with van der Waals surface area (Å²) in [7, 11) is -3.78. The highest BCUT2D eigenvalue weighted by Crippen LogP contribution is 2.37. The molecule has 7 nitrogen and oxygen atoms in total. The molecule has 1 aliphatic rings. The zero-order chi connectivity index (χ0) is 23.1. The second-order valence-corrected chi connectivity index (χ2v) is 8.70. The highest BCUT2D eigenvalue weighted by atomic mass is 32.2. The Bertz CT molecular complexity index is 1330. The lowest BCUT2D eigenvalue weighted by Crippen LogP contribution is -2.31. The van der Waals surface area contributed by atoms with E-state index in [0.717, 1.165) is 10.1 Å². The number of halogens is 3. The van der Waals surface area contributed by atoms with Crippen molar-refractivity contribution in [3.63, 3.8) is 0 Å². The summed E-state index contributed by atoms with van der Waals surface area (Å²) < 4.78 is 68.0. The number of fused-ring (bicyclic) bond motifs is 1. The van der Waals surface area contributed by atoms with Crippen molar-refractivity contribution >= 4 is 21.6 Å². The van der Waals surface area contributed by atoms with Crippen molar-refractivity contribution in [2.24, 2.45) is 0 Å². The number of rotatable bonds is 5. The lowest BCUT2D eigenvalue weighted by Gasteiger charge is -2.17. The molecule has 1 amide bonds. The maximum Gasteiger partial charge on any atom is 0.435 e. The van der Waals surface area contributed by atoms with E-state index in [-0.39, 0.29) is 28.4 Å². The van der Waals surface area contributed by atoms with E-state index in [1.807, 2.05) is 0 Å². The molecule has 0 fully saturated rings. The molecule has 0 aliphatic carbocycles. The molecule has 32 heavy (non-hydrogen) atoms. The van der Waals surface area contributed by atoms with Gasteiger partial charge in [-0.15, -0.1) is 0 Å². The van der Waals surface area contributed by atoms with E-state index in [0.29, 0.717) is 24.1 Å². The first-order valence-electron chi connectivity index (χ1n) is 9.41. The first kappa shape index (κ1) is 21.6. The van der Waals surface area contributed by atoms with Gasteiger partial charge in [0.25, 0.3) is 15.9 Å². The number of sulfonamides is 1. The van der Waals surface area contributed by atoms with Gasteiger partial charge in [0, 0.05) is 29.3 Å². The molecule has 11 heteroatoms. The quantitative estimate of drug-likeness (QED) is 0.604. The van der Waals surface area contributed by atoms with Gasteiger partial charge in [-0.25, -0.2) is 13.1 Å². The van der Waals surface area contributed by atoms with Crippen molar-refractivity contribution in [1.82, 2.24) is 15.1 Å². The van der Waals surface area contributed by atoms with E-state index in [2.05, 4.69) is 21.7 Å². The van der Waals surface area contributed by atoms with Crippen LogP contribution in [-0.4, -0.2) is 30.7 Å². The normalized spacial score (nSPS) is 13.9. The van der Waals surface area contributed by atoms with E-state index in [1.54, 1.807) is 6.07 Å². The third-order valence-electron chi connectivity index (χ3n) is 4.91. The van der Waals surface area contributed by atoms with Crippen molar-refractivity contribution in [2.75, 3.05) is 11.3 Å². The Morgan fingerprint density at radius 2 is 1.94 bits per heavy atom. The summed E-state index contributed by atoms with van der Waals surface area (Å²) in [6, 6.07) is 10.3. The van der Waals surface area contributed by atoms with Gasteiger partial charge in [-0.2, -0.15) is 18.3 Å². The number of anilines is 1. The molecule has 166 valence electrons. The minimum absolute atomic E-state index is 0.146. The molecule has 0 saturated heterocycles. The monoisotopic (exact) mass is 462 g/mol. The average Bonchev–Trinajstić information content (AvgIpc) is 3.20. The fourth-order valence-electron chi connectivity index (χ4n) is 3.44. The van der Waals surface area contributed by atoms with Gasteiger partial charge in [-0.3, -0.25) is 9.52 Å². The Morgan fingerprint density at radius 3 is 2.66 bits per heavy atom. The fourth-order valence-corrected chi connectivity index (χ4v) is 3.98. The predicted octanol–water partition coefficient (Wildman–Crippen LogP) is 3.73. The van der Waals surface area contributed by atoms with Crippen LogP contribution in [0.3, 0.4) is 0 Å². The van der Waals surface area contributed by atoms with Crippen LogP contribution in [0.25, 0.3) is 16.8 Å². The first-order chi connectivity index (χ1) is 15.1. The minimum Gasteiger partial charge on any atom is -0.352 e. The molecular weight excluding hydrogens is 445 g/mol. The van der Waals surface area contributed by atoms with Crippen molar-refractivity contribution in [3.8, 4) is 16.8 Å². The summed E-state index contributed by atoms with van der Waals surface area (Å²) >= 11 is 0. The lowest BCUT2D eigenvalue weighted by molar-refractivity contribution is -0.140. The van der Waals surface area contributed by atoms with Gasteiger partial charge < -0.3 is 5.32 Å². The molecule has 0 spiro atoms. The van der Waals surface area contributed by atoms with E-state index >= 15 is 0 Å². The van der Waals surface area contributed by atoms with Crippen LogP contribution in [0.4, 0.5) is 18.9 Å². The van der Waals surface area contributed by atoms with Crippen LogP contribution in [-0.2, 0) is 22.6 Å². The van der Waals surface area contributed by atoms with Crippen LogP contribution in [0.15, 0.2) is 60.6 Å². The van der Waals surface area contributed by atoms with Crippen LogP contribution in [0.1, 0.15) is 21.6 Å². The lowest BCUT2D eigenvalue weighted by atomic mass is 9.95. The first-order valence-corrected chi connectivity index (χ1v) is 11.0. The number of amides is 1. The summed E-state index contributed by atoms with van der Waals surface area (Å²) in [6.45, 7) is 3.61. The topological polar surface area (TPSA) is 93.1 Å². The van der Waals surface area contributed by atoms with Crippen molar-refractivity contribution < 1.29 is 26.4 Å². The van der Waals surface area contributed by atoms with Gasteiger partial charge in [0.1, 0.15) is 0 Å². The highest BCUT2D eigenvalue weighted by Gasteiger charge is 2.38. The molecule has 0 atom stereocenters. The van der Waals surface area contributed by atoms with E-state index in [9.17, 15) is 26.4 Å². The zero-order valence-electron chi connectivity index (χ0n) is 16.5. The van der Waals surface area contributed by atoms with Crippen LogP contribution in [0, 0.1) is 0 Å². The predicted molar refractivity (Wildman–Crippen MR) is 113 cm³/mol. The smallest absolute Gasteiger partial charge is 0.352 e. The Hall–Kier alpha value is -3.60. The van der Waals surface area contributed by atoms with Gasteiger partial charge in [0.2, 0.25) is 0 Å². The van der Waals surface area contributed by atoms with Crippen LogP contribution in [0.2, 0.25) is 0 Å². The summed E-state index contributed by atoms with van der Waals surface area (Å²) in [5, 5.41) is 7.15. The molecule has 3 aromatic rings. The van der Waals surface area contributed by atoms with E-state index in [1.165, 1.54) is 42.6 Å². The molecule has 2 aromatic carbocycles. The maximum absolute atomic E-state index is 13.8. The van der Waals surface area contributed by atoms with Gasteiger partial charge >= 0.3 is 6.18 Å². The number of alkyl halides is 3. The average molecular weight is 462 g/mol. The number of hydrogen-bond donors (Lipinski definition) is 2. The largest absolute Gasteiger partial charge is 0.435 e. The van der Waals surface area contributed by atoms with Gasteiger partial charge in [-0.05, 0) is 41.8 Å². The van der Waals surface area contributed by atoms with Crippen LogP contribution in [0.5, 0.6) is 0 Å². The number of aromatic nitrogens is 2. The summed E-state index contributed by atoms with van der Waals surface area (Å²) in [4.78, 5) is 11.9. The van der Waals surface area contributed by atoms with E-state index in [4.69, 9.17) is 0 Å². The van der Waals surface area contributed by atoms with E-state index < -0.39 is 21.9 Å². The number of hydrogen-bond acceptors (Lipinski definition) is 4. The van der Waals surface area contributed by atoms with Crippen LogP contribution < -0.4 is 10.0 Å². The summed E-state index contributed by atoms with van der Waals surface area (Å²) in [5.41, 5.74) is 0.506. The molecule has 0 saturated carbocycles. The van der Waals surface area contributed by atoms with Gasteiger partial charge in [0.05, 0.1) is 11.4 Å². The number of benzene rings is 2.